The molecular weight excluding hydrogens is 258 g/mol. The molecular formula is C11H18NO3S2+. The molecule has 4 N–H and O–H groups in total. The van der Waals surface area contributed by atoms with E-state index in [2.05, 4.69) is 0 Å². The number of nitrogens with two attached hydrogens (primary N) is 1. The van der Waals surface area contributed by atoms with Crippen molar-refractivity contribution in [3.05, 3.63) is 29.8 Å². The molecule has 4 nitrogen and oxygen atoms in total. The normalized spacial score (nSPS) is 11.4. The van der Waals surface area contributed by atoms with Crippen LogP contribution in [0.3, 0.4) is 0 Å². The summed E-state index contributed by atoms with van der Waals surface area (Å²) in [5, 5.41) is 0. The third kappa shape index (κ3) is 7.27. The summed E-state index contributed by atoms with van der Waals surface area (Å²) in [6.45, 7) is 0. The number of hydrogen-bond acceptors (Lipinski definition) is 2. The lowest BCUT2D eigenvalue weighted by Gasteiger charge is -2.00. The van der Waals surface area contributed by atoms with E-state index >= 15 is 0 Å². The Morgan fingerprint density at radius 2 is 2.00 bits per heavy atom. The van der Waals surface area contributed by atoms with Gasteiger partial charge in [0.2, 0.25) is 0 Å². The maximum absolute atomic E-state index is 10.5. The van der Waals surface area contributed by atoms with Crippen LogP contribution < -0.4 is 5.73 Å². The highest BCUT2D eigenvalue weighted by Crippen LogP contribution is 2.10. The van der Waals surface area contributed by atoms with Crippen molar-refractivity contribution in [2.24, 2.45) is 0 Å². The molecule has 1 aromatic rings. The number of aryl methyl sites for hydroxylation is 1. The molecule has 0 bridgehead atoms. The van der Waals surface area contributed by atoms with Crippen LogP contribution in [0.2, 0.25) is 0 Å². The number of anilines is 1. The molecule has 0 aliphatic rings. The minimum Gasteiger partial charge on any atom is -0.399 e. The fourth-order valence-electron chi connectivity index (χ4n) is 1.52. The van der Waals surface area contributed by atoms with E-state index in [-0.39, 0.29) is 0 Å². The Bertz CT molecular complexity index is 460. The maximum Gasteiger partial charge on any atom is 0.430 e. The van der Waals surface area contributed by atoms with Crippen molar-refractivity contribution in [3.8, 4) is 0 Å². The smallest absolute Gasteiger partial charge is 0.399 e. The van der Waals surface area contributed by atoms with Gasteiger partial charge in [0.25, 0.3) is 10.3 Å². The Balaban J connectivity index is 2.19. The number of hydrogen-bond donors (Lipinski definition) is 3. The van der Waals surface area contributed by atoms with Crippen LogP contribution in [-0.2, 0) is 25.8 Å². The highest BCUT2D eigenvalue weighted by molar-refractivity contribution is 8.34. The largest absolute Gasteiger partial charge is 0.430 e. The van der Waals surface area contributed by atoms with E-state index in [4.69, 9.17) is 14.8 Å². The van der Waals surface area contributed by atoms with Crippen molar-refractivity contribution in [1.29, 1.82) is 0 Å². The predicted molar refractivity (Wildman–Crippen MR) is 74.0 cm³/mol. The van der Waals surface area contributed by atoms with E-state index in [1.807, 2.05) is 24.3 Å². The summed E-state index contributed by atoms with van der Waals surface area (Å²) in [6, 6.07) is 7.80. The van der Waals surface area contributed by atoms with E-state index in [9.17, 15) is 4.21 Å². The van der Waals surface area contributed by atoms with Crippen molar-refractivity contribution in [2.45, 2.75) is 25.7 Å². The van der Waals surface area contributed by atoms with Gasteiger partial charge in [-0.2, -0.15) is 4.21 Å². The molecule has 0 aliphatic carbocycles. The Kier molecular flexibility index (Phi) is 5.84. The van der Waals surface area contributed by atoms with Crippen LogP contribution in [-0.4, -0.2) is 19.1 Å². The molecule has 17 heavy (non-hydrogen) atoms. The molecule has 0 saturated heterocycles. The zero-order chi connectivity index (χ0) is 12.7. The molecule has 0 fully saturated rings. The molecule has 96 valence electrons. The summed E-state index contributed by atoms with van der Waals surface area (Å²) in [6.07, 6.45) is 3.77. The zero-order valence-electron chi connectivity index (χ0n) is 9.54. The standard InChI is InChI=1S/C11H17NO3S2/c12-11-7-4-6-10(9-11)5-2-1-3-8-16-17(13,14)15/h4,6-7,9H,1-3,5,8,12H2,(H-,13,14,15)/p+1. The van der Waals surface area contributed by atoms with Gasteiger partial charge in [0.05, 0.1) is 0 Å². The Hall–Kier alpha value is -0.690. The van der Waals surface area contributed by atoms with Crippen LogP contribution in [0.5, 0.6) is 0 Å². The quantitative estimate of drug-likeness (QED) is 0.422. The topological polar surface area (TPSA) is 83.6 Å². The van der Waals surface area contributed by atoms with Gasteiger partial charge in [0.1, 0.15) is 0 Å². The van der Waals surface area contributed by atoms with Gasteiger partial charge in [-0.15, -0.1) is 0 Å². The molecule has 0 heterocycles. The van der Waals surface area contributed by atoms with E-state index < -0.39 is 9.05 Å². The lowest BCUT2D eigenvalue weighted by molar-refractivity contribution is 0.450. The van der Waals surface area contributed by atoms with E-state index in [0.29, 0.717) is 16.1 Å². The first-order valence-electron chi connectivity index (χ1n) is 5.45. The van der Waals surface area contributed by atoms with Crippen molar-refractivity contribution in [3.63, 3.8) is 0 Å². The van der Waals surface area contributed by atoms with Crippen molar-refractivity contribution in [1.82, 2.24) is 0 Å². The second kappa shape index (κ2) is 6.90. The molecule has 0 aromatic heterocycles. The molecule has 0 saturated carbocycles. The third-order valence-electron chi connectivity index (χ3n) is 2.30. The molecule has 0 radical (unpaired) electrons. The first-order chi connectivity index (χ1) is 7.97. The zero-order valence-corrected chi connectivity index (χ0v) is 11.2. The summed E-state index contributed by atoms with van der Waals surface area (Å²) < 4.78 is 27.8. The fraction of sp³-hybridized carbons (Fsp3) is 0.455. The second-order valence-electron chi connectivity index (χ2n) is 3.83. The second-order valence-corrected chi connectivity index (χ2v) is 7.37. The fourth-order valence-corrected chi connectivity index (χ4v) is 3.07. The minimum atomic E-state index is -3.62. The van der Waals surface area contributed by atoms with Crippen LogP contribution in [0.1, 0.15) is 24.8 Å². The summed E-state index contributed by atoms with van der Waals surface area (Å²) in [5.41, 5.74) is 7.66. The Labute approximate surface area is 106 Å². The van der Waals surface area contributed by atoms with Crippen LogP contribution in [0.25, 0.3) is 0 Å². The van der Waals surface area contributed by atoms with Gasteiger partial charge in [-0.1, -0.05) is 12.1 Å². The van der Waals surface area contributed by atoms with Gasteiger partial charge < -0.3 is 5.73 Å². The highest BCUT2D eigenvalue weighted by Gasteiger charge is 2.08. The monoisotopic (exact) mass is 276 g/mol. The molecule has 0 atom stereocenters. The number of unbranched alkanes of at least 4 members (excludes halogenated alkanes) is 2. The van der Waals surface area contributed by atoms with E-state index in [0.717, 1.165) is 31.4 Å². The van der Waals surface area contributed by atoms with E-state index in [1.165, 1.54) is 5.56 Å². The van der Waals surface area contributed by atoms with Crippen molar-refractivity contribution >= 4 is 25.1 Å². The average molecular weight is 276 g/mol. The van der Waals surface area contributed by atoms with Gasteiger partial charge in [-0.3, -0.25) is 9.11 Å². The Morgan fingerprint density at radius 3 is 2.65 bits per heavy atom. The summed E-state index contributed by atoms with van der Waals surface area (Å²) in [5.74, 6) is 0.503. The molecule has 0 spiro atoms. The molecule has 0 aliphatic heterocycles. The van der Waals surface area contributed by atoms with Crippen LogP contribution >= 0.6 is 0 Å². The van der Waals surface area contributed by atoms with E-state index in [1.54, 1.807) is 0 Å². The number of nitrogen functional groups attached to an aromatic ring is 1. The van der Waals surface area contributed by atoms with Gasteiger partial charge >= 0.3 is 9.05 Å². The summed E-state index contributed by atoms with van der Waals surface area (Å²) >= 11 is 0. The van der Waals surface area contributed by atoms with Crippen molar-refractivity contribution in [2.75, 3.05) is 11.5 Å². The van der Waals surface area contributed by atoms with Gasteiger partial charge in [-0.25, -0.2) is 0 Å². The van der Waals surface area contributed by atoms with Crippen LogP contribution in [0.4, 0.5) is 5.69 Å². The number of benzene rings is 1. The third-order valence-corrected chi connectivity index (χ3v) is 4.48. The lowest BCUT2D eigenvalue weighted by Crippen LogP contribution is -1.98. The average Bonchev–Trinajstić information content (AvgIpc) is 2.22. The highest BCUT2D eigenvalue weighted by atomic mass is 32.9. The lowest BCUT2D eigenvalue weighted by atomic mass is 10.1. The van der Waals surface area contributed by atoms with Crippen LogP contribution in [0, 0.1) is 0 Å². The van der Waals surface area contributed by atoms with Gasteiger partial charge in [0, 0.05) is 12.1 Å². The summed E-state index contributed by atoms with van der Waals surface area (Å²) in [4.78, 5) is 0. The maximum atomic E-state index is 10.5. The predicted octanol–water partition coefficient (Wildman–Crippen LogP) is 2.21. The van der Waals surface area contributed by atoms with Gasteiger partial charge in [-0.05, 0) is 37.0 Å². The SMILES string of the molecule is Nc1cccc(CCCCC[S+]=S(=O)(O)O)c1. The minimum absolute atomic E-state index is 0.503. The molecule has 1 aromatic carbocycles. The van der Waals surface area contributed by atoms with Gasteiger partial charge in [0.15, 0.2) is 5.75 Å². The Morgan fingerprint density at radius 1 is 1.24 bits per heavy atom. The molecule has 0 unspecified atom stereocenters. The van der Waals surface area contributed by atoms with Crippen LogP contribution in [0.15, 0.2) is 24.3 Å². The van der Waals surface area contributed by atoms with Crippen molar-refractivity contribution < 1.29 is 13.3 Å². The molecule has 0 amide bonds. The molecule has 6 heteroatoms. The molecule has 1 rings (SSSR count). The number of rotatable bonds is 6. The first-order valence-corrected chi connectivity index (χ1v) is 8.43. The summed E-state index contributed by atoms with van der Waals surface area (Å²) in [7, 11) is -2.92. The first kappa shape index (κ1) is 14.4.